The van der Waals surface area contributed by atoms with Gasteiger partial charge in [-0.2, -0.15) is 5.10 Å². The van der Waals surface area contributed by atoms with Gasteiger partial charge >= 0.3 is 0 Å². The average molecular weight is 419 g/mol. The quantitative estimate of drug-likeness (QED) is 0.373. The van der Waals surface area contributed by atoms with Crippen LogP contribution in [0.2, 0.25) is 0 Å². The first-order valence-corrected chi connectivity index (χ1v) is 10.5. The Balaban J connectivity index is 1.95. The molecule has 3 aromatic rings. The van der Waals surface area contributed by atoms with E-state index in [1.807, 2.05) is 56.3 Å². The number of hydrogen-bond acceptors (Lipinski definition) is 7. The first-order chi connectivity index (χ1) is 15.0. The van der Waals surface area contributed by atoms with Gasteiger partial charge in [-0.05, 0) is 49.6 Å². The highest BCUT2D eigenvalue weighted by atomic mass is 15.2. The van der Waals surface area contributed by atoms with E-state index in [-0.39, 0.29) is 0 Å². The normalized spacial score (nSPS) is 11.6. The topological polar surface area (TPSA) is 103 Å². The molecule has 3 rings (SSSR count). The fourth-order valence-corrected chi connectivity index (χ4v) is 3.26. The Morgan fingerprint density at radius 1 is 1.10 bits per heavy atom. The van der Waals surface area contributed by atoms with Gasteiger partial charge in [-0.1, -0.05) is 13.8 Å². The molecule has 0 saturated heterocycles. The van der Waals surface area contributed by atoms with Crippen LogP contribution in [-0.4, -0.2) is 51.0 Å². The SMILES string of the molecule is CCN(CC)C(=N)/C(=C\NC)c1cnc2ccc(Nc3cc(C(C)C)cnn3)nc2c1. The molecule has 8 heteroatoms. The lowest BCUT2D eigenvalue weighted by atomic mass is 10.1. The molecule has 0 atom stereocenters. The van der Waals surface area contributed by atoms with Gasteiger partial charge in [0.05, 0.1) is 17.2 Å². The lowest BCUT2D eigenvalue weighted by Gasteiger charge is -2.23. The maximum atomic E-state index is 8.64. The third kappa shape index (κ3) is 5.14. The van der Waals surface area contributed by atoms with E-state index >= 15 is 0 Å². The lowest BCUT2D eigenvalue weighted by molar-refractivity contribution is 0.467. The fourth-order valence-electron chi connectivity index (χ4n) is 3.26. The first-order valence-electron chi connectivity index (χ1n) is 10.5. The number of fused-ring (bicyclic) bond motifs is 1. The number of hydrogen-bond donors (Lipinski definition) is 3. The summed E-state index contributed by atoms with van der Waals surface area (Å²) >= 11 is 0. The second kappa shape index (κ2) is 9.97. The zero-order chi connectivity index (χ0) is 22.4. The summed E-state index contributed by atoms with van der Waals surface area (Å²) in [5, 5.41) is 23.2. The van der Waals surface area contributed by atoms with Crippen LogP contribution in [0.4, 0.5) is 11.6 Å². The average Bonchev–Trinajstić information content (AvgIpc) is 2.78. The van der Waals surface area contributed by atoms with Crippen LogP contribution in [0, 0.1) is 5.41 Å². The number of likely N-dealkylation sites (N-methyl/N-ethyl adjacent to an activating group) is 1. The summed E-state index contributed by atoms with van der Waals surface area (Å²) in [6.07, 6.45) is 5.40. The van der Waals surface area contributed by atoms with Crippen LogP contribution in [-0.2, 0) is 0 Å². The third-order valence-corrected chi connectivity index (χ3v) is 5.07. The van der Waals surface area contributed by atoms with Gasteiger partial charge in [0, 0.05) is 43.7 Å². The van der Waals surface area contributed by atoms with Gasteiger partial charge in [-0.3, -0.25) is 10.4 Å². The Kier molecular flexibility index (Phi) is 7.12. The minimum absolute atomic E-state index is 0.367. The van der Waals surface area contributed by atoms with Gasteiger partial charge in [-0.25, -0.2) is 4.98 Å². The van der Waals surface area contributed by atoms with E-state index in [9.17, 15) is 0 Å². The molecule has 0 spiro atoms. The van der Waals surface area contributed by atoms with E-state index < -0.39 is 0 Å². The highest BCUT2D eigenvalue weighted by Crippen LogP contribution is 2.23. The smallest absolute Gasteiger partial charge is 0.154 e. The molecule has 8 nitrogen and oxygen atoms in total. The molecule has 0 radical (unpaired) electrons. The predicted molar refractivity (Wildman–Crippen MR) is 127 cm³/mol. The number of pyridine rings is 2. The molecular weight excluding hydrogens is 388 g/mol. The summed E-state index contributed by atoms with van der Waals surface area (Å²) < 4.78 is 0. The first kappa shape index (κ1) is 22.1. The highest BCUT2D eigenvalue weighted by Gasteiger charge is 2.15. The van der Waals surface area contributed by atoms with Crippen molar-refractivity contribution in [2.75, 3.05) is 25.5 Å². The molecule has 0 bridgehead atoms. The Morgan fingerprint density at radius 3 is 2.55 bits per heavy atom. The standard InChI is InChI=1S/C23H30N8/c1-6-31(7-2)23(24)18(14-25-5)17-10-20-19(26-12-17)8-9-21(28-20)29-22-11-16(15(3)4)13-27-30-22/h8-15,24-25H,6-7H2,1-5H3,(H,28,29,30)/b18-14-,24-23?. The van der Waals surface area contributed by atoms with Crippen LogP contribution < -0.4 is 10.6 Å². The van der Waals surface area contributed by atoms with Crippen LogP contribution in [0.25, 0.3) is 16.6 Å². The molecule has 0 aromatic carbocycles. The summed E-state index contributed by atoms with van der Waals surface area (Å²) in [4.78, 5) is 11.3. The Morgan fingerprint density at radius 2 is 1.87 bits per heavy atom. The van der Waals surface area contributed by atoms with Crippen LogP contribution in [0.5, 0.6) is 0 Å². The molecule has 0 fully saturated rings. The minimum atomic E-state index is 0.367. The second-order valence-corrected chi connectivity index (χ2v) is 7.48. The summed E-state index contributed by atoms with van der Waals surface area (Å²) in [7, 11) is 1.83. The molecular formula is C23H30N8. The van der Waals surface area contributed by atoms with E-state index in [1.54, 1.807) is 12.4 Å². The summed E-state index contributed by atoms with van der Waals surface area (Å²) in [5.41, 5.74) is 4.25. The van der Waals surface area contributed by atoms with Crippen molar-refractivity contribution >= 4 is 34.1 Å². The maximum absolute atomic E-state index is 8.64. The van der Waals surface area contributed by atoms with Gasteiger partial charge in [0.25, 0.3) is 0 Å². The van der Waals surface area contributed by atoms with E-state index in [4.69, 9.17) is 10.4 Å². The highest BCUT2D eigenvalue weighted by molar-refractivity contribution is 6.21. The summed E-state index contributed by atoms with van der Waals surface area (Å²) in [6.45, 7) is 9.86. The number of nitrogens with zero attached hydrogens (tertiary/aromatic N) is 5. The second-order valence-electron chi connectivity index (χ2n) is 7.48. The molecule has 162 valence electrons. The van der Waals surface area contributed by atoms with Gasteiger partial charge in [-0.15, -0.1) is 5.10 Å². The molecule has 31 heavy (non-hydrogen) atoms. The monoisotopic (exact) mass is 418 g/mol. The summed E-state index contributed by atoms with van der Waals surface area (Å²) in [6, 6.07) is 7.74. The van der Waals surface area contributed by atoms with Crippen LogP contribution in [0.3, 0.4) is 0 Å². The van der Waals surface area contributed by atoms with Crippen molar-refractivity contribution in [1.82, 2.24) is 30.4 Å². The Labute approximate surface area is 183 Å². The summed E-state index contributed by atoms with van der Waals surface area (Å²) in [5.74, 6) is 2.14. The zero-order valence-corrected chi connectivity index (χ0v) is 18.8. The molecule has 3 heterocycles. The molecule has 0 unspecified atom stereocenters. The molecule has 0 saturated carbocycles. The van der Waals surface area contributed by atoms with Crippen molar-refractivity contribution in [3.05, 3.63) is 54.0 Å². The maximum Gasteiger partial charge on any atom is 0.154 e. The van der Waals surface area contributed by atoms with Crippen molar-refractivity contribution in [2.45, 2.75) is 33.6 Å². The Hall–Kier alpha value is -3.55. The van der Waals surface area contributed by atoms with Gasteiger partial charge in [0.1, 0.15) is 11.7 Å². The number of amidine groups is 1. The largest absolute Gasteiger partial charge is 0.393 e. The van der Waals surface area contributed by atoms with Crippen LogP contribution in [0.1, 0.15) is 44.7 Å². The predicted octanol–water partition coefficient (Wildman–Crippen LogP) is 4.17. The van der Waals surface area contributed by atoms with Crippen LogP contribution in [0.15, 0.2) is 42.9 Å². The van der Waals surface area contributed by atoms with Crippen molar-refractivity contribution in [3.63, 3.8) is 0 Å². The van der Waals surface area contributed by atoms with Crippen LogP contribution >= 0.6 is 0 Å². The number of anilines is 2. The van der Waals surface area contributed by atoms with Crippen molar-refractivity contribution in [1.29, 1.82) is 5.41 Å². The number of rotatable bonds is 8. The third-order valence-electron chi connectivity index (χ3n) is 5.07. The van der Waals surface area contributed by atoms with Gasteiger partial charge < -0.3 is 15.5 Å². The molecule has 3 aromatic heterocycles. The van der Waals surface area contributed by atoms with E-state index in [2.05, 4.69) is 39.7 Å². The number of nitrogens with one attached hydrogen (secondary N) is 3. The van der Waals surface area contributed by atoms with Gasteiger partial charge in [0.15, 0.2) is 5.82 Å². The van der Waals surface area contributed by atoms with Gasteiger partial charge in [0.2, 0.25) is 0 Å². The number of aromatic nitrogens is 4. The lowest BCUT2D eigenvalue weighted by Crippen LogP contribution is -2.31. The fraction of sp³-hybridized carbons (Fsp3) is 0.348. The van der Waals surface area contributed by atoms with E-state index in [0.717, 1.165) is 40.8 Å². The molecule has 3 N–H and O–H groups in total. The van der Waals surface area contributed by atoms with E-state index in [1.165, 1.54) is 0 Å². The molecule has 0 aliphatic rings. The van der Waals surface area contributed by atoms with Crippen molar-refractivity contribution in [3.8, 4) is 0 Å². The minimum Gasteiger partial charge on any atom is -0.393 e. The molecule has 0 aliphatic carbocycles. The van der Waals surface area contributed by atoms with E-state index in [0.29, 0.717) is 23.4 Å². The van der Waals surface area contributed by atoms with Crippen molar-refractivity contribution in [2.24, 2.45) is 0 Å². The molecule has 0 amide bonds. The zero-order valence-electron chi connectivity index (χ0n) is 18.8. The Bertz CT molecular complexity index is 1090. The van der Waals surface area contributed by atoms with Crippen molar-refractivity contribution < 1.29 is 0 Å². The molecule has 0 aliphatic heterocycles.